The van der Waals surface area contributed by atoms with E-state index in [1.165, 1.54) is 0 Å². The Hall–Kier alpha value is 0.254. The van der Waals surface area contributed by atoms with Gasteiger partial charge in [-0.3, -0.25) is 9.56 Å². The van der Waals surface area contributed by atoms with Crippen LogP contribution in [0.15, 0.2) is 4.99 Å². The fraction of sp³-hybridized carbons (Fsp3) is 0.917. The van der Waals surface area contributed by atoms with Crippen molar-refractivity contribution in [2.75, 3.05) is 12.7 Å². The van der Waals surface area contributed by atoms with Crippen LogP contribution in [0.25, 0.3) is 0 Å². The second kappa shape index (κ2) is 7.32. The molecule has 7 heteroatoms. The standard InChI is InChI=1S/C12H30NO3PSi2/c1-12(2)13-10-9-11-17(14,15-18(3,4)5)16-19(6,7)8/h9-11H2,1-8H3. The lowest BCUT2D eigenvalue weighted by Gasteiger charge is -2.31. The van der Waals surface area contributed by atoms with Crippen LogP contribution in [0.1, 0.15) is 20.3 Å². The van der Waals surface area contributed by atoms with Crippen LogP contribution in [0.2, 0.25) is 39.3 Å². The fourth-order valence-electron chi connectivity index (χ4n) is 1.51. The van der Waals surface area contributed by atoms with Gasteiger partial charge in [0.2, 0.25) is 0 Å². The first kappa shape index (κ1) is 19.3. The van der Waals surface area contributed by atoms with E-state index in [9.17, 15) is 4.57 Å². The SMILES string of the molecule is CC(C)=NCCCP(=O)(O[Si](C)(C)C)O[Si](C)(C)C. The lowest BCUT2D eigenvalue weighted by Crippen LogP contribution is -2.30. The lowest BCUT2D eigenvalue weighted by atomic mass is 10.4. The maximum absolute atomic E-state index is 12.9. The summed E-state index contributed by atoms with van der Waals surface area (Å²) < 4.78 is 24.6. The Labute approximate surface area is 120 Å². The van der Waals surface area contributed by atoms with Crippen molar-refractivity contribution in [1.29, 1.82) is 0 Å². The van der Waals surface area contributed by atoms with Crippen molar-refractivity contribution >= 4 is 29.9 Å². The van der Waals surface area contributed by atoms with Gasteiger partial charge < -0.3 is 8.43 Å². The molecule has 0 N–H and O–H groups in total. The summed E-state index contributed by atoms with van der Waals surface area (Å²) in [4.78, 5) is 4.33. The number of rotatable bonds is 8. The maximum atomic E-state index is 12.9. The third-order valence-electron chi connectivity index (χ3n) is 1.84. The van der Waals surface area contributed by atoms with Crippen molar-refractivity contribution < 1.29 is 13.0 Å². The summed E-state index contributed by atoms with van der Waals surface area (Å²) in [6, 6.07) is 0. The maximum Gasteiger partial charge on any atom is 0.311 e. The van der Waals surface area contributed by atoms with Crippen LogP contribution in [-0.2, 0) is 13.0 Å². The minimum atomic E-state index is -2.97. The van der Waals surface area contributed by atoms with Gasteiger partial charge in [0.1, 0.15) is 0 Å². The highest BCUT2D eigenvalue weighted by Crippen LogP contribution is 2.53. The molecule has 0 fully saturated rings. The Morgan fingerprint density at radius 1 is 1.00 bits per heavy atom. The summed E-state index contributed by atoms with van der Waals surface area (Å²) >= 11 is 0. The first-order chi connectivity index (χ1) is 8.33. The van der Waals surface area contributed by atoms with Gasteiger partial charge in [-0.15, -0.1) is 0 Å². The average molecular weight is 324 g/mol. The molecule has 0 rings (SSSR count). The molecule has 0 aliphatic carbocycles. The Kier molecular flexibility index (Phi) is 7.41. The molecule has 0 saturated carbocycles. The molecule has 0 amide bonds. The second-order valence-corrected chi connectivity index (χ2v) is 18.5. The average Bonchev–Trinajstić information content (AvgIpc) is 2.05. The number of aliphatic imine (C=N–C) groups is 1. The zero-order chi connectivity index (χ0) is 15.3. The molecule has 114 valence electrons. The van der Waals surface area contributed by atoms with Gasteiger partial charge >= 0.3 is 7.60 Å². The number of hydrogen-bond donors (Lipinski definition) is 0. The van der Waals surface area contributed by atoms with Gasteiger partial charge in [0.05, 0.1) is 6.16 Å². The Bertz CT molecular complexity index is 335. The minimum absolute atomic E-state index is 0.471. The predicted octanol–water partition coefficient (Wildman–Crippen LogP) is 4.75. The van der Waals surface area contributed by atoms with E-state index in [0.717, 1.165) is 12.1 Å². The molecule has 19 heavy (non-hydrogen) atoms. The lowest BCUT2D eigenvalue weighted by molar-refractivity contribution is 0.382. The molecule has 0 atom stereocenters. The second-order valence-electron chi connectivity index (χ2n) is 6.92. The molecular formula is C12H30NO3PSi2. The van der Waals surface area contributed by atoms with Gasteiger partial charge in [-0.25, -0.2) is 0 Å². The van der Waals surface area contributed by atoms with Crippen LogP contribution in [-0.4, -0.2) is 35.1 Å². The third-order valence-corrected chi connectivity index (χ3v) is 9.32. The van der Waals surface area contributed by atoms with Crippen molar-refractivity contribution in [3.63, 3.8) is 0 Å². The molecule has 0 aromatic heterocycles. The largest absolute Gasteiger partial charge is 0.352 e. The third kappa shape index (κ3) is 11.8. The first-order valence-corrected chi connectivity index (χ1v) is 15.4. The summed E-state index contributed by atoms with van der Waals surface area (Å²) in [5, 5.41) is 0. The van der Waals surface area contributed by atoms with Gasteiger partial charge in [0.15, 0.2) is 16.6 Å². The van der Waals surface area contributed by atoms with Crippen LogP contribution >= 0.6 is 7.60 Å². The Balaban J connectivity index is 4.68. The summed E-state index contributed by atoms with van der Waals surface area (Å²) in [5.74, 6) is 0. The highest BCUT2D eigenvalue weighted by molar-refractivity contribution is 7.57. The molecule has 0 aliphatic rings. The van der Waals surface area contributed by atoms with Gasteiger partial charge in [-0.05, 0) is 59.6 Å². The van der Waals surface area contributed by atoms with E-state index in [4.69, 9.17) is 8.43 Å². The quantitative estimate of drug-likeness (QED) is 0.280. The van der Waals surface area contributed by atoms with Gasteiger partial charge in [-0.2, -0.15) is 0 Å². The number of hydrogen-bond acceptors (Lipinski definition) is 4. The molecule has 0 radical (unpaired) electrons. The molecule has 0 aliphatic heterocycles. The Morgan fingerprint density at radius 3 is 1.74 bits per heavy atom. The van der Waals surface area contributed by atoms with E-state index in [1.54, 1.807) is 0 Å². The summed E-state index contributed by atoms with van der Waals surface area (Å²) in [6.07, 6.45) is 1.22. The summed E-state index contributed by atoms with van der Waals surface area (Å²) in [7, 11) is -6.72. The van der Waals surface area contributed by atoms with E-state index in [0.29, 0.717) is 12.7 Å². The van der Waals surface area contributed by atoms with E-state index in [2.05, 4.69) is 4.99 Å². The molecule has 0 saturated heterocycles. The summed E-state index contributed by atoms with van der Waals surface area (Å²) in [6.45, 7) is 16.9. The van der Waals surface area contributed by atoms with Crippen molar-refractivity contribution in [3.8, 4) is 0 Å². The van der Waals surface area contributed by atoms with Crippen LogP contribution in [0.4, 0.5) is 0 Å². The topological polar surface area (TPSA) is 47.9 Å². The molecule has 0 aromatic carbocycles. The predicted molar refractivity (Wildman–Crippen MR) is 89.6 cm³/mol. The molecule has 0 heterocycles. The van der Waals surface area contributed by atoms with E-state index >= 15 is 0 Å². The first-order valence-electron chi connectivity index (χ1n) is 6.81. The van der Waals surface area contributed by atoms with Crippen LogP contribution in [0, 0.1) is 0 Å². The normalized spacial score (nSPS) is 13.5. The van der Waals surface area contributed by atoms with Crippen LogP contribution < -0.4 is 0 Å². The summed E-state index contributed by atoms with van der Waals surface area (Å²) in [5.41, 5.74) is 1.05. The minimum Gasteiger partial charge on any atom is -0.352 e. The molecule has 0 spiro atoms. The molecule has 0 aromatic rings. The highest BCUT2D eigenvalue weighted by Gasteiger charge is 2.35. The van der Waals surface area contributed by atoms with Crippen molar-refractivity contribution in [3.05, 3.63) is 0 Å². The Morgan fingerprint density at radius 2 is 1.42 bits per heavy atom. The molecule has 4 nitrogen and oxygen atoms in total. The van der Waals surface area contributed by atoms with Gasteiger partial charge in [-0.1, -0.05) is 0 Å². The monoisotopic (exact) mass is 323 g/mol. The van der Waals surface area contributed by atoms with Gasteiger partial charge in [0.25, 0.3) is 0 Å². The molecular weight excluding hydrogens is 293 g/mol. The van der Waals surface area contributed by atoms with E-state index in [1.807, 2.05) is 53.1 Å². The van der Waals surface area contributed by atoms with Crippen molar-refractivity contribution in [2.45, 2.75) is 59.6 Å². The van der Waals surface area contributed by atoms with Crippen molar-refractivity contribution in [2.24, 2.45) is 4.99 Å². The van der Waals surface area contributed by atoms with Crippen molar-refractivity contribution in [1.82, 2.24) is 0 Å². The van der Waals surface area contributed by atoms with Crippen LogP contribution in [0.5, 0.6) is 0 Å². The fourth-order valence-corrected chi connectivity index (χ4v) is 9.93. The zero-order valence-corrected chi connectivity index (χ0v) is 16.6. The van der Waals surface area contributed by atoms with E-state index in [-0.39, 0.29) is 0 Å². The highest BCUT2D eigenvalue weighted by atomic mass is 31.2. The van der Waals surface area contributed by atoms with Gasteiger partial charge in [0, 0.05) is 12.3 Å². The molecule has 0 unspecified atom stereocenters. The van der Waals surface area contributed by atoms with Crippen LogP contribution in [0.3, 0.4) is 0 Å². The zero-order valence-electron chi connectivity index (χ0n) is 13.7. The molecule has 0 bridgehead atoms. The smallest absolute Gasteiger partial charge is 0.311 e. The van der Waals surface area contributed by atoms with E-state index < -0.39 is 24.2 Å². The number of nitrogens with zero attached hydrogens (tertiary/aromatic N) is 1.